The average molecular weight is 357 g/mol. The lowest BCUT2D eigenvalue weighted by Crippen LogP contribution is -2.44. The maximum atomic E-state index is 12.9. The molecule has 1 aromatic carbocycles. The third-order valence-electron chi connectivity index (χ3n) is 4.10. The number of amides is 1. The number of benzene rings is 1. The second kappa shape index (κ2) is 7.58. The Balaban J connectivity index is 2.01. The molecule has 134 valence electrons. The van der Waals surface area contributed by atoms with E-state index in [9.17, 15) is 17.6 Å². The molecule has 1 fully saturated rings. The largest absolute Gasteiger partial charge is 0.351 e. The van der Waals surface area contributed by atoms with Gasteiger partial charge in [0.1, 0.15) is 5.82 Å². The van der Waals surface area contributed by atoms with Gasteiger partial charge in [-0.25, -0.2) is 12.8 Å². The molecule has 2 rings (SSSR count). The zero-order chi connectivity index (χ0) is 17.9. The highest BCUT2D eigenvalue weighted by molar-refractivity contribution is 7.88. The number of hydrogen-bond acceptors (Lipinski definition) is 4. The smallest absolute Gasteiger partial charge is 0.224 e. The first kappa shape index (κ1) is 18.8. The topological polar surface area (TPSA) is 69.7 Å². The molecule has 24 heavy (non-hydrogen) atoms. The van der Waals surface area contributed by atoms with E-state index in [2.05, 4.69) is 5.32 Å². The second-order valence-electron chi connectivity index (χ2n) is 6.58. The van der Waals surface area contributed by atoms with Crippen LogP contribution in [-0.2, 0) is 21.2 Å². The maximum absolute atomic E-state index is 12.9. The molecule has 6 nitrogen and oxygen atoms in total. The molecule has 8 heteroatoms. The minimum Gasteiger partial charge on any atom is -0.351 e. The predicted octanol–water partition coefficient (Wildman–Crippen LogP) is 0.306. The van der Waals surface area contributed by atoms with Gasteiger partial charge in [0, 0.05) is 31.6 Å². The zero-order valence-electron chi connectivity index (χ0n) is 14.2. The van der Waals surface area contributed by atoms with Crippen molar-refractivity contribution in [2.24, 2.45) is 5.92 Å². The third kappa shape index (κ3) is 5.25. The van der Waals surface area contributed by atoms with Crippen molar-refractivity contribution < 1.29 is 17.6 Å². The van der Waals surface area contributed by atoms with Crippen LogP contribution in [0.2, 0.25) is 0 Å². The van der Waals surface area contributed by atoms with Gasteiger partial charge in [-0.3, -0.25) is 4.79 Å². The van der Waals surface area contributed by atoms with E-state index in [1.165, 1.54) is 22.7 Å². The van der Waals surface area contributed by atoms with Crippen LogP contribution in [0.1, 0.15) is 5.56 Å². The van der Waals surface area contributed by atoms with Gasteiger partial charge < -0.3 is 10.2 Å². The molecule has 1 saturated heterocycles. The van der Waals surface area contributed by atoms with Crippen molar-refractivity contribution in [2.75, 3.05) is 40.0 Å². The summed E-state index contributed by atoms with van der Waals surface area (Å²) < 4.78 is 37.9. The van der Waals surface area contributed by atoms with Crippen LogP contribution in [0.5, 0.6) is 0 Å². The molecule has 0 bridgehead atoms. The molecular formula is C16H24FN3O3S. The Morgan fingerprint density at radius 2 is 1.92 bits per heavy atom. The number of nitrogens with zero attached hydrogens (tertiary/aromatic N) is 2. The Morgan fingerprint density at radius 3 is 2.46 bits per heavy atom. The van der Waals surface area contributed by atoms with Crippen LogP contribution in [0, 0.1) is 11.7 Å². The predicted molar refractivity (Wildman–Crippen MR) is 90.5 cm³/mol. The van der Waals surface area contributed by atoms with E-state index in [4.69, 9.17) is 0 Å². The van der Waals surface area contributed by atoms with Gasteiger partial charge in [-0.2, -0.15) is 4.31 Å². The number of sulfonamides is 1. The molecule has 0 radical (unpaired) electrons. The Labute approximate surface area is 142 Å². The highest BCUT2D eigenvalue weighted by Crippen LogP contribution is 2.20. The summed E-state index contributed by atoms with van der Waals surface area (Å²) >= 11 is 0. The average Bonchev–Trinajstić information content (AvgIpc) is 2.83. The molecule has 1 aromatic rings. The van der Waals surface area contributed by atoms with E-state index >= 15 is 0 Å². The Bertz CT molecular complexity index is 676. The normalized spacial score (nSPS) is 22.0. The lowest BCUT2D eigenvalue weighted by molar-refractivity contribution is -0.121. The highest BCUT2D eigenvalue weighted by atomic mass is 32.2. The van der Waals surface area contributed by atoms with Crippen LogP contribution in [0.3, 0.4) is 0 Å². The molecule has 0 unspecified atom stereocenters. The van der Waals surface area contributed by atoms with Crippen LogP contribution in [0.4, 0.5) is 4.39 Å². The van der Waals surface area contributed by atoms with Crippen molar-refractivity contribution in [2.45, 2.75) is 12.5 Å². The summed E-state index contributed by atoms with van der Waals surface area (Å²) in [6.45, 7) is 1.37. The summed E-state index contributed by atoms with van der Waals surface area (Å²) in [6.07, 6.45) is 1.33. The van der Waals surface area contributed by atoms with Crippen LogP contribution >= 0.6 is 0 Å². The summed E-state index contributed by atoms with van der Waals surface area (Å²) in [4.78, 5) is 14.2. The fraction of sp³-hybridized carbons (Fsp3) is 0.562. The first-order valence-corrected chi connectivity index (χ1v) is 9.63. The van der Waals surface area contributed by atoms with Gasteiger partial charge in [0.2, 0.25) is 15.9 Å². The van der Waals surface area contributed by atoms with Crippen molar-refractivity contribution in [1.82, 2.24) is 14.5 Å². The molecular weight excluding hydrogens is 333 g/mol. The monoisotopic (exact) mass is 357 g/mol. The van der Waals surface area contributed by atoms with Crippen molar-refractivity contribution in [3.05, 3.63) is 35.6 Å². The van der Waals surface area contributed by atoms with Crippen molar-refractivity contribution >= 4 is 15.9 Å². The standard InChI is InChI=1S/C16H24FN3O3S/c1-19(2)9-13-10-20(24(3,22)23)11-15(13)18-16(21)8-12-4-6-14(17)7-5-12/h4-7,13,15H,8-11H2,1-3H3,(H,18,21)/t13-,15-/m1/s1. The molecule has 0 spiro atoms. The summed E-state index contributed by atoms with van der Waals surface area (Å²) in [5, 5.41) is 2.93. The van der Waals surface area contributed by atoms with Crippen LogP contribution < -0.4 is 5.32 Å². The third-order valence-corrected chi connectivity index (χ3v) is 5.34. The molecule has 0 aromatic heterocycles. The Hall–Kier alpha value is -1.51. The highest BCUT2D eigenvalue weighted by Gasteiger charge is 2.37. The molecule has 0 aliphatic carbocycles. The number of rotatable bonds is 6. The number of carbonyl (C=O) groups excluding carboxylic acids is 1. The van der Waals surface area contributed by atoms with E-state index in [0.29, 0.717) is 13.1 Å². The van der Waals surface area contributed by atoms with Crippen molar-refractivity contribution in [3.8, 4) is 0 Å². The molecule has 1 heterocycles. The van der Waals surface area contributed by atoms with Crippen molar-refractivity contribution in [1.29, 1.82) is 0 Å². The Morgan fingerprint density at radius 1 is 1.29 bits per heavy atom. The van der Waals surface area contributed by atoms with Gasteiger partial charge in [-0.1, -0.05) is 12.1 Å². The van der Waals surface area contributed by atoms with Gasteiger partial charge in [-0.05, 0) is 31.8 Å². The maximum Gasteiger partial charge on any atom is 0.224 e. The van der Waals surface area contributed by atoms with Gasteiger partial charge in [0.05, 0.1) is 12.7 Å². The minimum absolute atomic E-state index is 0.0342. The van der Waals surface area contributed by atoms with Gasteiger partial charge in [-0.15, -0.1) is 0 Å². The fourth-order valence-electron chi connectivity index (χ4n) is 2.97. The van der Waals surface area contributed by atoms with E-state index in [-0.39, 0.29) is 36.6 Å². The van der Waals surface area contributed by atoms with Gasteiger partial charge in [0.25, 0.3) is 0 Å². The molecule has 1 aliphatic rings. The number of halogens is 1. The fourth-order valence-corrected chi connectivity index (χ4v) is 3.86. The molecule has 1 amide bonds. The van der Waals surface area contributed by atoms with E-state index < -0.39 is 10.0 Å². The van der Waals surface area contributed by atoms with Crippen molar-refractivity contribution in [3.63, 3.8) is 0 Å². The zero-order valence-corrected chi connectivity index (χ0v) is 15.0. The quantitative estimate of drug-likeness (QED) is 0.795. The van der Waals surface area contributed by atoms with Crippen LogP contribution in [-0.4, -0.2) is 69.6 Å². The van der Waals surface area contributed by atoms with E-state index in [1.807, 2.05) is 19.0 Å². The lowest BCUT2D eigenvalue weighted by Gasteiger charge is -2.22. The summed E-state index contributed by atoms with van der Waals surface area (Å²) in [5.74, 6) is -0.498. The first-order valence-electron chi connectivity index (χ1n) is 7.79. The molecule has 1 N–H and O–H groups in total. The summed E-state index contributed by atoms with van der Waals surface area (Å²) in [6, 6.07) is 5.56. The number of carbonyl (C=O) groups is 1. The second-order valence-corrected chi connectivity index (χ2v) is 8.56. The van der Waals surface area contributed by atoms with Gasteiger partial charge >= 0.3 is 0 Å². The molecule has 1 aliphatic heterocycles. The lowest BCUT2D eigenvalue weighted by atomic mass is 10.0. The van der Waals surface area contributed by atoms with E-state index in [0.717, 1.165) is 5.56 Å². The number of nitrogens with one attached hydrogen (secondary N) is 1. The molecule has 0 saturated carbocycles. The summed E-state index contributed by atoms with van der Waals surface area (Å²) in [7, 11) is 0.553. The van der Waals surface area contributed by atoms with Crippen LogP contribution in [0.15, 0.2) is 24.3 Å². The summed E-state index contributed by atoms with van der Waals surface area (Å²) in [5.41, 5.74) is 0.719. The number of hydrogen-bond donors (Lipinski definition) is 1. The van der Waals surface area contributed by atoms with Gasteiger partial charge in [0.15, 0.2) is 0 Å². The van der Waals surface area contributed by atoms with Crippen LogP contribution in [0.25, 0.3) is 0 Å². The Kier molecular flexibility index (Phi) is 5.95. The first-order chi connectivity index (χ1) is 11.1. The SMILES string of the molecule is CN(C)C[C@@H]1CN(S(C)(=O)=O)C[C@H]1NC(=O)Cc1ccc(F)cc1. The van der Waals surface area contributed by atoms with E-state index in [1.54, 1.807) is 12.1 Å². The minimum atomic E-state index is -3.28. The molecule has 2 atom stereocenters.